The van der Waals surface area contributed by atoms with Crippen LogP contribution in [0.5, 0.6) is 0 Å². The van der Waals surface area contributed by atoms with E-state index < -0.39 is 17.2 Å². The largest absolute Gasteiger partial charge is 0.389 e. The third-order valence-corrected chi connectivity index (χ3v) is 3.46. The van der Waals surface area contributed by atoms with Crippen LogP contribution in [0.2, 0.25) is 0 Å². The van der Waals surface area contributed by atoms with E-state index in [0.29, 0.717) is 22.5 Å². The van der Waals surface area contributed by atoms with E-state index in [1.165, 1.54) is 6.07 Å². The first kappa shape index (κ1) is 17.0. The highest BCUT2D eigenvalue weighted by molar-refractivity contribution is 5.87. The molecule has 0 aliphatic heterocycles. The molecule has 0 spiro atoms. The number of nitrogens with zero attached hydrogens (tertiary/aromatic N) is 4. The number of nitrogens with one attached hydrogen (secondary N) is 2. The van der Waals surface area contributed by atoms with Crippen molar-refractivity contribution in [2.75, 3.05) is 17.2 Å². The lowest BCUT2D eigenvalue weighted by Gasteiger charge is -2.18. The first-order valence-corrected chi connectivity index (χ1v) is 7.61. The molecule has 0 aliphatic rings. The van der Waals surface area contributed by atoms with Crippen molar-refractivity contribution in [3.63, 3.8) is 0 Å². The molecule has 2 aromatic heterocycles. The predicted molar refractivity (Wildman–Crippen MR) is 90.7 cm³/mol. The fourth-order valence-electron chi connectivity index (χ4n) is 2.22. The lowest BCUT2D eigenvalue weighted by atomic mass is 10.1. The van der Waals surface area contributed by atoms with Crippen LogP contribution in [-0.2, 0) is 7.05 Å². The minimum Gasteiger partial charge on any atom is -0.389 e. The van der Waals surface area contributed by atoms with Crippen LogP contribution in [0.1, 0.15) is 13.8 Å². The Morgan fingerprint density at radius 1 is 1.20 bits per heavy atom. The quantitative estimate of drug-likeness (QED) is 0.657. The third kappa shape index (κ3) is 3.82. The van der Waals surface area contributed by atoms with Gasteiger partial charge in [-0.1, -0.05) is 0 Å². The van der Waals surface area contributed by atoms with Crippen molar-refractivity contribution >= 4 is 28.5 Å². The van der Waals surface area contributed by atoms with E-state index in [1.54, 1.807) is 31.8 Å². The Hall–Kier alpha value is -2.81. The molecule has 7 nitrogen and oxygen atoms in total. The van der Waals surface area contributed by atoms with Crippen LogP contribution >= 0.6 is 0 Å². The number of hydrogen-bond donors (Lipinski definition) is 3. The smallest absolute Gasteiger partial charge is 0.231 e. The van der Waals surface area contributed by atoms with Crippen LogP contribution in [0, 0.1) is 11.6 Å². The van der Waals surface area contributed by atoms with E-state index in [-0.39, 0.29) is 12.5 Å². The number of rotatable bonds is 5. The van der Waals surface area contributed by atoms with Crippen LogP contribution < -0.4 is 10.6 Å². The molecule has 0 bridgehead atoms. The van der Waals surface area contributed by atoms with Crippen LogP contribution in [0.3, 0.4) is 0 Å². The summed E-state index contributed by atoms with van der Waals surface area (Å²) in [7, 11) is 1.73. The van der Waals surface area contributed by atoms with Crippen molar-refractivity contribution < 1.29 is 13.9 Å². The zero-order valence-electron chi connectivity index (χ0n) is 14.0. The van der Waals surface area contributed by atoms with Gasteiger partial charge in [0.2, 0.25) is 5.95 Å². The van der Waals surface area contributed by atoms with Gasteiger partial charge in [-0.05, 0) is 26.0 Å². The van der Waals surface area contributed by atoms with E-state index >= 15 is 0 Å². The molecular formula is C16H18F2N6O. The number of fused-ring (bicyclic) bond motifs is 1. The van der Waals surface area contributed by atoms with Gasteiger partial charge >= 0.3 is 0 Å². The summed E-state index contributed by atoms with van der Waals surface area (Å²) in [6.07, 6.45) is 1.61. The van der Waals surface area contributed by atoms with E-state index in [4.69, 9.17) is 0 Å². The first-order valence-electron chi connectivity index (χ1n) is 7.61. The Labute approximate surface area is 142 Å². The number of aromatic nitrogens is 4. The van der Waals surface area contributed by atoms with E-state index in [1.807, 2.05) is 0 Å². The van der Waals surface area contributed by atoms with Gasteiger partial charge in [-0.25, -0.2) is 8.78 Å². The zero-order valence-corrected chi connectivity index (χ0v) is 14.0. The molecule has 2 heterocycles. The van der Waals surface area contributed by atoms with Crippen LogP contribution in [0.15, 0.2) is 24.4 Å². The fraction of sp³-hybridized carbons (Fsp3) is 0.312. The summed E-state index contributed by atoms with van der Waals surface area (Å²) in [5.41, 5.74) is -0.0696. The second-order valence-electron chi connectivity index (χ2n) is 6.32. The molecule has 0 radical (unpaired) electrons. The van der Waals surface area contributed by atoms with E-state index in [9.17, 15) is 13.9 Å². The minimum absolute atomic E-state index is 0.195. The maximum absolute atomic E-state index is 13.4. The topological polar surface area (TPSA) is 87.9 Å². The summed E-state index contributed by atoms with van der Waals surface area (Å²) in [5, 5.41) is 20.6. The molecule has 0 saturated heterocycles. The van der Waals surface area contributed by atoms with Gasteiger partial charge in [-0.15, -0.1) is 0 Å². The lowest BCUT2D eigenvalue weighted by molar-refractivity contribution is 0.0944. The van der Waals surface area contributed by atoms with Gasteiger partial charge in [0, 0.05) is 25.3 Å². The highest BCUT2D eigenvalue weighted by Gasteiger charge is 2.16. The number of hydrogen-bond acceptors (Lipinski definition) is 6. The SMILES string of the molecule is Cn1ncc2c(NCC(C)(C)O)nc(Nc3ccc(F)c(F)c3)nc21. The van der Waals surface area contributed by atoms with Gasteiger partial charge in [-0.2, -0.15) is 15.1 Å². The van der Waals surface area contributed by atoms with Gasteiger partial charge in [0.1, 0.15) is 5.82 Å². The fourth-order valence-corrected chi connectivity index (χ4v) is 2.22. The Kier molecular flexibility index (Phi) is 4.25. The van der Waals surface area contributed by atoms with E-state index in [0.717, 1.165) is 12.1 Å². The average molecular weight is 348 g/mol. The van der Waals surface area contributed by atoms with Crippen molar-refractivity contribution in [1.29, 1.82) is 0 Å². The van der Waals surface area contributed by atoms with Gasteiger partial charge < -0.3 is 15.7 Å². The minimum atomic E-state index is -0.966. The van der Waals surface area contributed by atoms with Gasteiger partial charge in [0.05, 0.1) is 17.2 Å². The molecule has 9 heteroatoms. The highest BCUT2D eigenvalue weighted by atomic mass is 19.2. The molecule has 0 aliphatic carbocycles. The molecule has 3 rings (SSSR count). The molecular weight excluding hydrogens is 330 g/mol. The summed E-state index contributed by atoms with van der Waals surface area (Å²) in [4.78, 5) is 8.70. The van der Waals surface area contributed by atoms with Crippen molar-refractivity contribution in [3.8, 4) is 0 Å². The van der Waals surface area contributed by atoms with Crippen molar-refractivity contribution in [3.05, 3.63) is 36.0 Å². The molecule has 0 fully saturated rings. The van der Waals surface area contributed by atoms with E-state index in [2.05, 4.69) is 25.7 Å². The molecule has 0 atom stereocenters. The molecule has 0 amide bonds. The molecule has 1 aromatic carbocycles. The van der Waals surface area contributed by atoms with Crippen LogP contribution in [0.4, 0.5) is 26.2 Å². The standard InChI is InChI=1S/C16H18F2N6O/c1-16(2,25)8-19-13-10-7-20-24(3)14(10)23-15(22-13)21-9-4-5-11(17)12(18)6-9/h4-7,25H,8H2,1-3H3,(H2,19,21,22,23). The van der Waals surface area contributed by atoms with Gasteiger partial charge in [0.25, 0.3) is 0 Å². The Bertz CT molecular complexity index is 919. The zero-order chi connectivity index (χ0) is 18.2. The third-order valence-electron chi connectivity index (χ3n) is 3.46. The van der Waals surface area contributed by atoms with Crippen LogP contribution in [0.25, 0.3) is 11.0 Å². The molecule has 0 saturated carbocycles. The number of anilines is 3. The molecule has 0 unspecified atom stereocenters. The number of aliphatic hydroxyl groups is 1. The monoisotopic (exact) mass is 348 g/mol. The summed E-state index contributed by atoms with van der Waals surface area (Å²) in [5.74, 6) is -1.22. The Morgan fingerprint density at radius 3 is 2.64 bits per heavy atom. The summed E-state index contributed by atoms with van der Waals surface area (Å²) >= 11 is 0. The summed E-state index contributed by atoms with van der Waals surface area (Å²) in [6, 6.07) is 3.43. The first-order chi connectivity index (χ1) is 11.7. The molecule has 132 valence electrons. The number of benzene rings is 1. The molecule has 3 N–H and O–H groups in total. The molecule has 3 aromatic rings. The predicted octanol–water partition coefficient (Wildman–Crippen LogP) is 2.57. The number of halogens is 2. The summed E-state index contributed by atoms with van der Waals surface area (Å²) in [6.45, 7) is 3.60. The van der Waals surface area contributed by atoms with Crippen LogP contribution in [-0.4, -0.2) is 37.0 Å². The van der Waals surface area contributed by atoms with Crippen molar-refractivity contribution in [2.45, 2.75) is 19.4 Å². The van der Waals surface area contributed by atoms with Gasteiger partial charge in [0.15, 0.2) is 17.3 Å². The van der Waals surface area contributed by atoms with Crippen molar-refractivity contribution in [2.24, 2.45) is 7.05 Å². The second-order valence-corrected chi connectivity index (χ2v) is 6.32. The Morgan fingerprint density at radius 2 is 1.96 bits per heavy atom. The maximum atomic E-state index is 13.4. The van der Waals surface area contributed by atoms with Gasteiger partial charge in [-0.3, -0.25) is 4.68 Å². The summed E-state index contributed by atoms with van der Waals surface area (Å²) < 4.78 is 28.0. The maximum Gasteiger partial charge on any atom is 0.231 e. The highest BCUT2D eigenvalue weighted by Crippen LogP contribution is 2.24. The molecule has 25 heavy (non-hydrogen) atoms. The average Bonchev–Trinajstić information content (AvgIpc) is 2.90. The van der Waals surface area contributed by atoms with Crippen molar-refractivity contribution in [1.82, 2.24) is 19.7 Å². The second kappa shape index (κ2) is 6.25. The lowest BCUT2D eigenvalue weighted by Crippen LogP contribution is -2.29. The normalized spacial score (nSPS) is 11.8. The Balaban J connectivity index is 1.97. The number of aryl methyl sites for hydroxylation is 1.